The number of hydrogen-bond acceptors (Lipinski definition) is 3. The fourth-order valence-corrected chi connectivity index (χ4v) is 6.99. The standard InChI is InChI=1S/C40H37BN2O2/c1-38(2)33-21-19-27(24-31(33)32-25-29(20-22-34(32)38)41-44-39(3,4)40(5,6)45-41)26-13-12-14-28(23-26)37-42-35-17-10-11-18-36(35)43(37)30-15-8-7-9-16-30/h7-25H,1-6H3. The summed E-state index contributed by atoms with van der Waals surface area (Å²) in [7, 11) is -0.392. The van der Waals surface area contributed by atoms with Gasteiger partial charge in [0.25, 0.3) is 0 Å². The SMILES string of the molecule is CC1(C)c2ccc(B3OC(C)(C)C(C)(C)O3)cc2-c2cc(-c3cccc(-c4nc5ccccc5n4-c4ccccc4)c3)ccc21. The lowest BCUT2D eigenvalue weighted by atomic mass is 9.76. The third-order valence-corrected chi connectivity index (χ3v) is 10.3. The molecule has 0 radical (unpaired) electrons. The molecule has 6 aromatic rings. The minimum absolute atomic E-state index is 0.0972. The normalized spacial score (nSPS) is 17.4. The van der Waals surface area contributed by atoms with E-state index in [0.29, 0.717) is 0 Å². The molecule has 0 bridgehead atoms. The Morgan fingerprint density at radius 2 is 1.20 bits per heavy atom. The Morgan fingerprint density at radius 3 is 1.96 bits per heavy atom. The summed E-state index contributed by atoms with van der Waals surface area (Å²) in [5.74, 6) is 0.934. The first kappa shape index (κ1) is 28.1. The molecule has 45 heavy (non-hydrogen) atoms. The van der Waals surface area contributed by atoms with Crippen LogP contribution in [0.1, 0.15) is 52.7 Å². The van der Waals surface area contributed by atoms with Gasteiger partial charge in [0.1, 0.15) is 5.82 Å². The molecule has 0 N–H and O–H groups in total. The molecule has 1 fully saturated rings. The highest BCUT2D eigenvalue weighted by atomic mass is 16.7. The topological polar surface area (TPSA) is 36.3 Å². The molecule has 2 aliphatic rings. The molecule has 0 saturated carbocycles. The van der Waals surface area contributed by atoms with E-state index in [1.54, 1.807) is 0 Å². The predicted octanol–water partition coefficient (Wildman–Crippen LogP) is 8.97. The number of aromatic nitrogens is 2. The molecule has 1 aliphatic heterocycles. The third kappa shape index (κ3) is 4.33. The van der Waals surface area contributed by atoms with E-state index in [9.17, 15) is 0 Å². The zero-order chi connectivity index (χ0) is 31.1. The van der Waals surface area contributed by atoms with Gasteiger partial charge in [0, 0.05) is 16.7 Å². The average Bonchev–Trinajstić information content (AvgIpc) is 3.61. The summed E-state index contributed by atoms with van der Waals surface area (Å²) in [5, 5.41) is 0. The molecule has 1 aliphatic carbocycles. The molecule has 0 spiro atoms. The number of hydrogen-bond donors (Lipinski definition) is 0. The quantitative estimate of drug-likeness (QED) is 0.193. The Morgan fingerprint density at radius 1 is 0.578 bits per heavy atom. The van der Waals surface area contributed by atoms with Crippen LogP contribution in [-0.4, -0.2) is 27.9 Å². The Hall–Kier alpha value is -4.45. The van der Waals surface area contributed by atoms with Crippen LogP contribution in [0, 0.1) is 0 Å². The van der Waals surface area contributed by atoms with Crippen molar-refractivity contribution in [1.82, 2.24) is 9.55 Å². The minimum atomic E-state index is -0.392. The number of imidazole rings is 1. The van der Waals surface area contributed by atoms with Gasteiger partial charge >= 0.3 is 7.12 Å². The van der Waals surface area contributed by atoms with Gasteiger partial charge in [0.15, 0.2) is 0 Å². The second-order valence-electron chi connectivity index (χ2n) is 14.0. The molecule has 222 valence electrons. The molecule has 5 aromatic carbocycles. The number of benzene rings is 5. The van der Waals surface area contributed by atoms with E-state index in [1.165, 1.54) is 27.8 Å². The number of para-hydroxylation sites is 3. The zero-order valence-electron chi connectivity index (χ0n) is 26.8. The predicted molar refractivity (Wildman–Crippen MR) is 185 cm³/mol. The van der Waals surface area contributed by atoms with Crippen LogP contribution in [-0.2, 0) is 14.7 Å². The summed E-state index contributed by atoms with van der Waals surface area (Å²) in [6, 6.07) is 41.3. The van der Waals surface area contributed by atoms with Crippen molar-refractivity contribution in [2.75, 3.05) is 0 Å². The molecule has 1 aromatic heterocycles. The van der Waals surface area contributed by atoms with Gasteiger partial charge in [0.2, 0.25) is 0 Å². The summed E-state index contributed by atoms with van der Waals surface area (Å²) in [6.45, 7) is 13.1. The van der Waals surface area contributed by atoms with Gasteiger partial charge in [-0.2, -0.15) is 0 Å². The Bertz CT molecular complexity index is 2090. The van der Waals surface area contributed by atoms with Crippen LogP contribution in [0.3, 0.4) is 0 Å². The van der Waals surface area contributed by atoms with Crippen LogP contribution in [0.25, 0.3) is 50.4 Å². The molecule has 0 unspecified atom stereocenters. The largest absolute Gasteiger partial charge is 0.494 e. The van der Waals surface area contributed by atoms with Gasteiger partial charge in [-0.05, 0) is 103 Å². The summed E-state index contributed by atoms with van der Waals surface area (Å²) in [5.41, 5.74) is 12.0. The van der Waals surface area contributed by atoms with Gasteiger partial charge < -0.3 is 9.31 Å². The summed E-state index contributed by atoms with van der Waals surface area (Å²) >= 11 is 0. The smallest absolute Gasteiger partial charge is 0.399 e. The van der Waals surface area contributed by atoms with Crippen LogP contribution >= 0.6 is 0 Å². The van der Waals surface area contributed by atoms with Crippen molar-refractivity contribution in [1.29, 1.82) is 0 Å². The van der Waals surface area contributed by atoms with Crippen molar-refractivity contribution in [3.05, 3.63) is 126 Å². The first-order valence-corrected chi connectivity index (χ1v) is 15.8. The highest BCUT2D eigenvalue weighted by molar-refractivity contribution is 6.62. The maximum atomic E-state index is 6.43. The van der Waals surface area contributed by atoms with E-state index >= 15 is 0 Å². The lowest BCUT2D eigenvalue weighted by molar-refractivity contribution is 0.00578. The average molecular weight is 589 g/mol. The second kappa shape index (κ2) is 9.78. The Labute approximate surface area is 265 Å². The molecule has 4 nitrogen and oxygen atoms in total. The van der Waals surface area contributed by atoms with Crippen molar-refractivity contribution in [3.8, 4) is 39.3 Å². The molecular formula is C40H37BN2O2. The lowest BCUT2D eigenvalue weighted by Crippen LogP contribution is -2.41. The first-order chi connectivity index (χ1) is 21.5. The Kier molecular flexibility index (Phi) is 6.10. The van der Waals surface area contributed by atoms with Crippen molar-refractivity contribution in [2.24, 2.45) is 0 Å². The van der Waals surface area contributed by atoms with Gasteiger partial charge in [-0.25, -0.2) is 4.98 Å². The summed E-state index contributed by atoms with van der Waals surface area (Å²) in [4.78, 5) is 5.11. The Balaban J connectivity index is 1.22. The van der Waals surface area contributed by atoms with E-state index in [4.69, 9.17) is 14.3 Å². The highest BCUT2D eigenvalue weighted by Gasteiger charge is 2.52. The van der Waals surface area contributed by atoms with E-state index < -0.39 is 7.12 Å². The third-order valence-electron chi connectivity index (χ3n) is 10.3. The second-order valence-corrected chi connectivity index (χ2v) is 14.0. The molecule has 0 atom stereocenters. The van der Waals surface area contributed by atoms with Crippen LogP contribution in [0.2, 0.25) is 0 Å². The number of rotatable bonds is 4. The molecule has 5 heteroatoms. The van der Waals surface area contributed by atoms with Crippen LogP contribution < -0.4 is 5.46 Å². The van der Waals surface area contributed by atoms with E-state index in [-0.39, 0.29) is 16.6 Å². The van der Waals surface area contributed by atoms with Crippen molar-refractivity contribution < 1.29 is 9.31 Å². The summed E-state index contributed by atoms with van der Waals surface area (Å²) < 4.78 is 15.1. The van der Waals surface area contributed by atoms with Crippen molar-refractivity contribution in [3.63, 3.8) is 0 Å². The summed E-state index contributed by atoms with van der Waals surface area (Å²) in [6.07, 6.45) is 0. The molecule has 1 saturated heterocycles. The fourth-order valence-electron chi connectivity index (χ4n) is 6.99. The van der Waals surface area contributed by atoms with E-state index in [2.05, 4.69) is 155 Å². The minimum Gasteiger partial charge on any atom is -0.399 e. The molecule has 2 heterocycles. The van der Waals surface area contributed by atoms with Crippen LogP contribution in [0.4, 0.5) is 0 Å². The maximum absolute atomic E-state index is 6.43. The van der Waals surface area contributed by atoms with Crippen molar-refractivity contribution in [2.45, 2.75) is 58.2 Å². The zero-order valence-corrected chi connectivity index (χ0v) is 26.8. The van der Waals surface area contributed by atoms with Gasteiger partial charge in [0.05, 0.1) is 22.2 Å². The number of nitrogens with zero attached hydrogens (tertiary/aromatic N) is 2. The van der Waals surface area contributed by atoms with Gasteiger partial charge in [-0.1, -0.05) is 92.7 Å². The van der Waals surface area contributed by atoms with E-state index in [0.717, 1.165) is 39.1 Å². The number of fused-ring (bicyclic) bond motifs is 4. The van der Waals surface area contributed by atoms with Gasteiger partial charge in [-0.3, -0.25) is 4.57 Å². The highest BCUT2D eigenvalue weighted by Crippen LogP contribution is 2.49. The monoisotopic (exact) mass is 588 g/mol. The molecule has 0 amide bonds. The van der Waals surface area contributed by atoms with Gasteiger partial charge in [-0.15, -0.1) is 0 Å². The first-order valence-electron chi connectivity index (χ1n) is 15.8. The molecular weight excluding hydrogens is 551 g/mol. The van der Waals surface area contributed by atoms with Crippen LogP contribution in [0.5, 0.6) is 0 Å². The maximum Gasteiger partial charge on any atom is 0.494 e. The molecule has 8 rings (SSSR count). The van der Waals surface area contributed by atoms with E-state index in [1.807, 2.05) is 6.07 Å². The lowest BCUT2D eigenvalue weighted by Gasteiger charge is -2.32. The fraction of sp³-hybridized carbons (Fsp3) is 0.225. The van der Waals surface area contributed by atoms with Crippen molar-refractivity contribution >= 4 is 23.6 Å². The van der Waals surface area contributed by atoms with Crippen LogP contribution in [0.15, 0.2) is 115 Å².